The second-order valence-corrected chi connectivity index (χ2v) is 3.64. The number of nitrogens with one attached hydrogen (secondary N) is 1. The molecule has 0 saturated carbocycles. The molecule has 0 aliphatic carbocycles. The van der Waals surface area contributed by atoms with Crippen LogP contribution in [0.5, 0.6) is 0 Å². The summed E-state index contributed by atoms with van der Waals surface area (Å²) in [5.41, 5.74) is 8.66. The Morgan fingerprint density at radius 1 is 1.38 bits per heavy atom. The first kappa shape index (κ1) is 10.4. The Morgan fingerprint density at radius 2 is 2.25 bits per heavy atom. The highest BCUT2D eigenvalue weighted by Crippen LogP contribution is 2.14. The van der Waals surface area contributed by atoms with Gasteiger partial charge in [-0.1, -0.05) is 6.07 Å². The van der Waals surface area contributed by atoms with E-state index in [1.54, 1.807) is 12.4 Å². The van der Waals surface area contributed by atoms with Crippen molar-refractivity contribution in [3.8, 4) is 0 Å². The molecular weight excluding hydrogens is 200 g/mol. The first-order chi connectivity index (χ1) is 7.75. The van der Waals surface area contributed by atoms with Gasteiger partial charge in [0.05, 0.1) is 0 Å². The summed E-state index contributed by atoms with van der Waals surface area (Å²) in [4.78, 5) is 8.29. The fourth-order valence-electron chi connectivity index (χ4n) is 1.33. The molecule has 0 aliphatic heterocycles. The Hall–Kier alpha value is -2.10. The van der Waals surface area contributed by atoms with Crippen LogP contribution in [0.2, 0.25) is 0 Å². The zero-order chi connectivity index (χ0) is 11.4. The lowest BCUT2D eigenvalue weighted by molar-refractivity contribution is 1.08. The van der Waals surface area contributed by atoms with Crippen molar-refractivity contribution in [2.75, 3.05) is 11.1 Å². The van der Waals surface area contributed by atoms with Gasteiger partial charge in [0.15, 0.2) is 0 Å². The smallest absolute Gasteiger partial charge is 0.128 e. The van der Waals surface area contributed by atoms with Gasteiger partial charge in [0.1, 0.15) is 5.82 Å². The van der Waals surface area contributed by atoms with E-state index in [1.165, 1.54) is 0 Å². The highest BCUT2D eigenvalue weighted by Gasteiger charge is 1.98. The van der Waals surface area contributed by atoms with Crippen LogP contribution in [0, 0.1) is 6.92 Å². The van der Waals surface area contributed by atoms with Crippen LogP contribution in [-0.2, 0) is 6.54 Å². The fraction of sp³-hybridized carbons (Fsp3) is 0.167. The van der Waals surface area contributed by atoms with Crippen molar-refractivity contribution in [1.82, 2.24) is 9.97 Å². The summed E-state index contributed by atoms with van der Waals surface area (Å²) in [6.07, 6.45) is 5.34. The molecule has 0 spiro atoms. The predicted molar refractivity (Wildman–Crippen MR) is 65.0 cm³/mol. The van der Waals surface area contributed by atoms with Gasteiger partial charge >= 0.3 is 0 Å². The Morgan fingerprint density at radius 3 is 2.94 bits per heavy atom. The minimum absolute atomic E-state index is 0.698. The summed E-state index contributed by atoms with van der Waals surface area (Å²) in [5.74, 6) is 0.784. The number of aryl methyl sites for hydroxylation is 1. The second-order valence-electron chi connectivity index (χ2n) is 3.64. The molecule has 0 amide bonds. The van der Waals surface area contributed by atoms with Crippen molar-refractivity contribution in [3.63, 3.8) is 0 Å². The van der Waals surface area contributed by atoms with Crippen molar-refractivity contribution < 1.29 is 0 Å². The molecule has 0 aliphatic rings. The molecule has 82 valence electrons. The highest BCUT2D eigenvalue weighted by atomic mass is 15.0. The number of nitrogen functional groups attached to an aromatic ring is 1. The minimum atomic E-state index is 0.698. The van der Waals surface area contributed by atoms with Crippen molar-refractivity contribution >= 4 is 11.5 Å². The molecule has 0 fully saturated rings. The van der Waals surface area contributed by atoms with E-state index in [-0.39, 0.29) is 0 Å². The monoisotopic (exact) mass is 214 g/mol. The van der Waals surface area contributed by atoms with Crippen LogP contribution in [0.25, 0.3) is 0 Å². The maximum Gasteiger partial charge on any atom is 0.128 e. The second kappa shape index (κ2) is 4.61. The van der Waals surface area contributed by atoms with E-state index in [1.807, 2.05) is 31.3 Å². The van der Waals surface area contributed by atoms with Gasteiger partial charge in [-0.2, -0.15) is 0 Å². The lowest BCUT2D eigenvalue weighted by atomic mass is 10.2. The SMILES string of the molecule is Cc1cnc(NCc2cccnc2)cc1N. The van der Waals surface area contributed by atoms with E-state index < -0.39 is 0 Å². The standard InChI is InChI=1S/C12H14N4/c1-9-6-15-12(5-11(9)13)16-8-10-3-2-4-14-7-10/h2-7H,8H2,1H3,(H3,13,15,16). The third-order valence-electron chi connectivity index (χ3n) is 2.34. The number of hydrogen-bond acceptors (Lipinski definition) is 4. The molecule has 2 aromatic rings. The van der Waals surface area contributed by atoms with Crippen molar-refractivity contribution in [1.29, 1.82) is 0 Å². The molecule has 0 saturated heterocycles. The number of nitrogens with two attached hydrogens (primary N) is 1. The van der Waals surface area contributed by atoms with Crippen molar-refractivity contribution in [2.45, 2.75) is 13.5 Å². The van der Waals surface area contributed by atoms with Crippen molar-refractivity contribution in [2.24, 2.45) is 0 Å². The van der Waals surface area contributed by atoms with Crippen LogP contribution in [0.15, 0.2) is 36.8 Å². The van der Waals surface area contributed by atoms with E-state index in [0.717, 1.165) is 22.6 Å². The molecule has 2 rings (SSSR count). The van der Waals surface area contributed by atoms with E-state index in [2.05, 4.69) is 15.3 Å². The van der Waals surface area contributed by atoms with E-state index in [4.69, 9.17) is 5.73 Å². The number of nitrogens with zero attached hydrogens (tertiary/aromatic N) is 2. The summed E-state index contributed by atoms with van der Waals surface area (Å²) in [5, 5.41) is 3.20. The quantitative estimate of drug-likeness (QED) is 0.820. The first-order valence-corrected chi connectivity index (χ1v) is 5.10. The van der Waals surface area contributed by atoms with Crippen molar-refractivity contribution in [3.05, 3.63) is 47.9 Å². The summed E-state index contributed by atoms with van der Waals surface area (Å²) < 4.78 is 0. The van der Waals surface area contributed by atoms with Gasteiger partial charge in [-0.05, 0) is 24.1 Å². The third-order valence-corrected chi connectivity index (χ3v) is 2.34. The molecule has 3 N–H and O–H groups in total. The Kier molecular flexibility index (Phi) is 3.00. The third kappa shape index (κ3) is 2.48. The predicted octanol–water partition coefficient (Wildman–Crippen LogP) is 1.98. The molecule has 0 unspecified atom stereocenters. The Balaban J connectivity index is 2.03. The zero-order valence-corrected chi connectivity index (χ0v) is 9.14. The van der Waals surface area contributed by atoms with E-state index >= 15 is 0 Å². The molecule has 16 heavy (non-hydrogen) atoms. The zero-order valence-electron chi connectivity index (χ0n) is 9.14. The summed E-state index contributed by atoms with van der Waals surface area (Å²) >= 11 is 0. The number of pyridine rings is 2. The Bertz CT molecular complexity index is 468. The van der Waals surface area contributed by atoms with Crippen LogP contribution >= 0.6 is 0 Å². The molecule has 2 heterocycles. The van der Waals surface area contributed by atoms with Gasteiger partial charge in [0.25, 0.3) is 0 Å². The van der Waals surface area contributed by atoms with Gasteiger partial charge in [0.2, 0.25) is 0 Å². The van der Waals surface area contributed by atoms with Crippen LogP contribution in [0.4, 0.5) is 11.5 Å². The minimum Gasteiger partial charge on any atom is -0.398 e. The molecule has 2 aromatic heterocycles. The molecule has 0 bridgehead atoms. The van der Waals surface area contributed by atoms with Gasteiger partial charge < -0.3 is 11.1 Å². The molecular formula is C12H14N4. The lowest BCUT2D eigenvalue weighted by Gasteiger charge is -2.07. The first-order valence-electron chi connectivity index (χ1n) is 5.10. The highest BCUT2D eigenvalue weighted by molar-refractivity contribution is 5.53. The lowest BCUT2D eigenvalue weighted by Crippen LogP contribution is -2.02. The average Bonchev–Trinajstić information content (AvgIpc) is 2.32. The normalized spacial score (nSPS) is 10.1. The fourth-order valence-corrected chi connectivity index (χ4v) is 1.33. The topological polar surface area (TPSA) is 63.8 Å². The van der Waals surface area contributed by atoms with Gasteiger partial charge in [-0.25, -0.2) is 4.98 Å². The Labute approximate surface area is 94.5 Å². The molecule has 0 radical (unpaired) electrons. The molecule has 4 nitrogen and oxygen atoms in total. The van der Waals surface area contributed by atoms with E-state index in [0.29, 0.717) is 6.54 Å². The maximum atomic E-state index is 5.80. The number of anilines is 2. The molecule has 4 heteroatoms. The number of rotatable bonds is 3. The molecule has 0 atom stereocenters. The van der Waals surface area contributed by atoms with Gasteiger partial charge in [0, 0.05) is 36.9 Å². The largest absolute Gasteiger partial charge is 0.398 e. The van der Waals surface area contributed by atoms with Crippen LogP contribution < -0.4 is 11.1 Å². The summed E-state index contributed by atoms with van der Waals surface area (Å²) in [6, 6.07) is 5.76. The van der Waals surface area contributed by atoms with Crippen LogP contribution in [0.3, 0.4) is 0 Å². The molecule has 0 aromatic carbocycles. The number of hydrogen-bond donors (Lipinski definition) is 2. The number of aromatic nitrogens is 2. The van der Waals surface area contributed by atoms with E-state index in [9.17, 15) is 0 Å². The average molecular weight is 214 g/mol. The summed E-state index contributed by atoms with van der Waals surface area (Å²) in [6.45, 7) is 2.64. The van der Waals surface area contributed by atoms with Crippen LogP contribution in [0.1, 0.15) is 11.1 Å². The van der Waals surface area contributed by atoms with Gasteiger partial charge in [-0.15, -0.1) is 0 Å². The van der Waals surface area contributed by atoms with Crippen LogP contribution in [-0.4, -0.2) is 9.97 Å². The maximum absolute atomic E-state index is 5.80. The summed E-state index contributed by atoms with van der Waals surface area (Å²) in [7, 11) is 0. The van der Waals surface area contributed by atoms with Gasteiger partial charge in [-0.3, -0.25) is 4.98 Å².